The molecule has 0 unspecified atom stereocenters. The standard InChI is InChI=1S/C13H14F3N3O/c1-2-5-19-8-10(7-18-19)20-12-4-3-9(6-11(12)17)13(14,15)16/h3-4,6-8H,2,5,17H2,1H3. The summed E-state index contributed by atoms with van der Waals surface area (Å²) < 4.78 is 44.6. The second-order valence-corrected chi connectivity index (χ2v) is 4.29. The third kappa shape index (κ3) is 3.23. The summed E-state index contributed by atoms with van der Waals surface area (Å²) >= 11 is 0. The van der Waals surface area contributed by atoms with Gasteiger partial charge in [0.2, 0.25) is 0 Å². The van der Waals surface area contributed by atoms with Gasteiger partial charge in [0, 0.05) is 6.54 Å². The van der Waals surface area contributed by atoms with Crippen molar-refractivity contribution in [3.63, 3.8) is 0 Å². The van der Waals surface area contributed by atoms with Crippen LogP contribution in [0.1, 0.15) is 18.9 Å². The molecule has 0 aliphatic heterocycles. The lowest BCUT2D eigenvalue weighted by molar-refractivity contribution is -0.137. The number of nitrogen functional groups attached to an aromatic ring is 1. The van der Waals surface area contributed by atoms with Gasteiger partial charge >= 0.3 is 6.18 Å². The molecule has 1 aromatic heterocycles. The van der Waals surface area contributed by atoms with Crippen LogP contribution in [0.15, 0.2) is 30.6 Å². The van der Waals surface area contributed by atoms with E-state index >= 15 is 0 Å². The molecule has 0 atom stereocenters. The molecule has 20 heavy (non-hydrogen) atoms. The number of ether oxygens (including phenoxy) is 1. The molecule has 0 saturated carbocycles. The summed E-state index contributed by atoms with van der Waals surface area (Å²) in [5.41, 5.74) is 4.71. The van der Waals surface area contributed by atoms with Crippen LogP contribution in [-0.4, -0.2) is 9.78 Å². The number of aromatic nitrogens is 2. The smallest absolute Gasteiger partial charge is 0.416 e. The zero-order valence-corrected chi connectivity index (χ0v) is 10.8. The molecule has 0 saturated heterocycles. The van der Waals surface area contributed by atoms with Gasteiger partial charge in [-0.2, -0.15) is 18.3 Å². The Morgan fingerprint density at radius 2 is 2.10 bits per heavy atom. The summed E-state index contributed by atoms with van der Waals surface area (Å²) in [6, 6.07) is 2.99. The van der Waals surface area contributed by atoms with Crippen LogP contribution in [-0.2, 0) is 12.7 Å². The molecule has 108 valence electrons. The maximum atomic E-state index is 12.5. The van der Waals surface area contributed by atoms with Crippen LogP contribution in [0.4, 0.5) is 18.9 Å². The molecule has 2 aromatic rings. The quantitative estimate of drug-likeness (QED) is 0.872. The fraction of sp³-hybridized carbons (Fsp3) is 0.308. The molecule has 0 aliphatic carbocycles. The van der Waals surface area contributed by atoms with Crippen LogP contribution in [0.5, 0.6) is 11.5 Å². The SMILES string of the molecule is CCCn1cc(Oc2ccc(C(F)(F)F)cc2N)cn1. The van der Waals surface area contributed by atoms with Gasteiger partial charge in [0.1, 0.15) is 5.75 Å². The number of aryl methyl sites for hydroxylation is 1. The number of halogens is 3. The Morgan fingerprint density at radius 3 is 2.70 bits per heavy atom. The van der Waals surface area contributed by atoms with Crippen LogP contribution < -0.4 is 10.5 Å². The maximum Gasteiger partial charge on any atom is 0.416 e. The molecule has 2 rings (SSSR count). The van der Waals surface area contributed by atoms with Crippen LogP contribution >= 0.6 is 0 Å². The first-order valence-corrected chi connectivity index (χ1v) is 6.07. The molecular formula is C13H14F3N3O. The van der Waals surface area contributed by atoms with E-state index in [2.05, 4.69) is 5.10 Å². The first kappa shape index (κ1) is 14.2. The molecule has 0 aliphatic rings. The van der Waals surface area contributed by atoms with E-state index in [1.807, 2.05) is 6.92 Å². The number of benzene rings is 1. The van der Waals surface area contributed by atoms with Crippen LogP contribution in [0.2, 0.25) is 0 Å². The average molecular weight is 285 g/mol. The summed E-state index contributed by atoms with van der Waals surface area (Å²) in [7, 11) is 0. The second-order valence-electron chi connectivity index (χ2n) is 4.29. The molecule has 0 radical (unpaired) electrons. The molecule has 0 spiro atoms. The van der Waals surface area contributed by atoms with Crippen molar-refractivity contribution < 1.29 is 17.9 Å². The molecule has 4 nitrogen and oxygen atoms in total. The van der Waals surface area contributed by atoms with Gasteiger partial charge in [-0.05, 0) is 24.6 Å². The Balaban J connectivity index is 2.17. The van der Waals surface area contributed by atoms with Crippen molar-refractivity contribution in [2.24, 2.45) is 0 Å². The Bertz CT molecular complexity index is 593. The number of rotatable bonds is 4. The summed E-state index contributed by atoms with van der Waals surface area (Å²) in [6.07, 6.45) is -0.338. The molecule has 0 fully saturated rings. The highest BCUT2D eigenvalue weighted by molar-refractivity contribution is 5.56. The Kier molecular flexibility index (Phi) is 3.87. The van der Waals surface area contributed by atoms with E-state index in [9.17, 15) is 13.2 Å². The fourth-order valence-corrected chi connectivity index (χ4v) is 1.69. The third-order valence-corrected chi connectivity index (χ3v) is 2.63. The number of nitrogens with zero attached hydrogens (tertiary/aromatic N) is 2. The minimum absolute atomic E-state index is 0.0666. The Labute approximate surface area is 114 Å². The Morgan fingerprint density at radius 1 is 1.35 bits per heavy atom. The van der Waals surface area contributed by atoms with Crippen molar-refractivity contribution in [2.45, 2.75) is 26.1 Å². The van der Waals surface area contributed by atoms with Crippen molar-refractivity contribution >= 4 is 5.69 Å². The predicted octanol–water partition coefficient (Wildman–Crippen LogP) is 3.69. The van der Waals surface area contributed by atoms with Gasteiger partial charge < -0.3 is 10.5 Å². The average Bonchev–Trinajstić information content (AvgIpc) is 2.78. The molecule has 0 bridgehead atoms. The number of anilines is 1. The molecule has 1 aromatic carbocycles. The predicted molar refractivity (Wildman–Crippen MR) is 68.4 cm³/mol. The van der Waals surface area contributed by atoms with Gasteiger partial charge in [-0.1, -0.05) is 6.92 Å². The van der Waals surface area contributed by atoms with Gasteiger partial charge in [-0.15, -0.1) is 0 Å². The lowest BCUT2D eigenvalue weighted by Crippen LogP contribution is -2.05. The van der Waals surface area contributed by atoms with E-state index in [-0.39, 0.29) is 11.4 Å². The van der Waals surface area contributed by atoms with Gasteiger partial charge in [0.15, 0.2) is 5.75 Å². The van der Waals surface area contributed by atoms with Crippen LogP contribution in [0.25, 0.3) is 0 Å². The van der Waals surface area contributed by atoms with Crippen molar-refractivity contribution in [1.82, 2.24) is 9.78 Å². The minimum Gasteiger partial charge on any atom is -0.452 e. The lowest BCUT2D eigenvalue weighted by atomic mass is 10.2. The number of hydrogen-bond acceptors (Lipinski definition) is 3. The van der Waals surface area contributed by atoms with Crippen molar-refractivity contribution in [3.05, 3.63) is 36.2 Å². The van der Waals surface area contributed by atoms with Gasteiger partial charge in [0.05, 0.1) is 23.6 Å². The zero-order chi connectivity index (χ0) is 14.8. The lowest BCUT2D eigenvalue weighted by Gasteiger charge is -2.10. The topological polar surface area (TPSA) is 53.1 Å². The fourth-order valence-electron chi connectivity index (χ4n) is 1.69. The van der Waals surface area contributed by atoms with E-state index in [0.29, 0.717) is 5.75 Å². The second kappa shape index (κ2) is 5.44. The van der Waals surface area contributed by atoms with Gasteiger partial charge in [0.25, 0.3) is 0 Å². The largest absolute Gasteiger partial charge is 0.452 e. The number of hydrogen-bond donors (Lipinski definition) is 1. The van der Waals surface area contributed by atoms with Crippen LogP contribution in [0.3, 0.4) is 0 Å². The van der Waals surface area contributed by atoms with E-state index < -0.39 is 11.7 Å². The van der Waals surface area contributed by atoms with Gasteiger partial charge in [-0.25, -0.2) is 0 Å². The Hall–Kier alpha value is -2.18. The van der Waals surface area contributed by atoms with Gasteiger partial charge in [-0.3, -0.25) is 4.68 Å². The van der Waals surface area contributed by atoms with Crippen molar-refractivity contribution in [2.75, 3.05) is 5.73 Å². The van der Waals surface area contributed by atoms with Crippen molar-refractivity contribution in [1.29, 1.82) is 0 Å². The monoisotopic (exact) mass is 285 g/mol. The highest BCUT2D eigenvalue weighted by Crippen LogP contribution is 2.35. The molecular weight excluding hydrogens is 271 g/mol. The molecule has 2 N–H and O–H groups in total. The van der Waals surface area contributed by atoms with E-state index in [0.717, 1.165) is 25.1 Å². The first-order valence-electron chi connectivity index (χ1n) is 6.07. The normalized spacial score (nSPS) is 11.6. The highest BCUT2D eigenvalue weighted by atomic mass is 19.4. The molecule has 0 amide bonds. The summed E-state index contributed by atoms with van der Waals surface area (Å²) in [5.74, 6) is 0.610. The highest BCUT2D eigenvalue weighted by Gasteiger charge is 2.31. The zero-order valence-electron chi connectivity index (χ0n) is 10.8. The minimum atomic E-state index is -4.42. The summed E-state index contributed by atoms with van der Waals surface area (Å²) in [5, 5.41) is 4.06. The van der Waals surface area contributed by atoms with Crippen LogP contribution in [0, 0.1) is 0 Å². The molecule has 1 heterocycles. The number of alkyl halides is 3. The summed E-state index contributed by atoms with van der Waals surface area (Å²) in [6.45, 7) is 2.75. The maximum absolute atomic E-state index is 12.5. The summed E-state index contributed by atoms with van der Waals surface area (Å²) in [4.78, 5) is 0. The first-order chi connectivity index (χ1) is 9.40. The molecule has 7 heteroatoms. The van der Waals surface area contributed by atoms with E-state index in [4.69, 9.17) is 10.5 Å². The third-order valence-electron chi connectivity index (χ3n) is 2.63. The van der Waals surface area contributed by atoms with E-state index in [1.54, 1.807) is 10.9 Å². The van der Waals surface area contributed by atoms with Crippen molar-refractivity contribution in [3.8, 4) is 11.5 Å². The number of nitrogens with two attached hydrogens (primary N) is 1. The van der Waals surface area contributed by atoms with E-state index in [1.165, 1.54) is 12.3 Å².